The summed E-state index contributed by atoms with van der Waals surface area (Å²) in [5, 5.41) is 28.0. The Morgan fingerprint density at radius 2 is 1.12 bits per heavy atom. The number of aliphatic hydroxyl groups is 2. The molecule has 12 nitrogen and oxygen atoms in total. The minimum atomic E-state index is -3.29. The molecule has 0 saturated carbocycles. The first-order valence-corrected chi connectivity index (χ1v) is 22.9. The van der Waals surface area contributed by atoms with Gasteiger partial charge in [-0.15, -0.1) is 0 Å². The average Bonchev–Trinajstić information content (AvgIpc) is 3.86. The Morgan fingerprint density at radius 1 is 0.627 bits per heavy atom. The Hall–Kier alpha value is -4.83. The van der Waals surface area contributed by atoms with Crippen LogP contribution < -0.4 is 0 Å². The van der Waals surface area contributed by atoms with Crippen LogP contribution in [-0.4, -0.2) is 115 Å². The van der Waals surface area contributed by atoms with Gasteiger partial charge < -0.3 is 20.0 Å². The minimum absolute atomic E-state index is 0.100. The van der Waals surface area contributed by atoms with Crippen molar-refractivity contribution in [2.45, 2.75) is 55.6 Å². The van der Waals surface area contributed by atoms with Crippen LogP contribution in [0.4, 0.5) is 0 Å². The first-order chi connectivity index (χ1) is 28.6. The van der Waals surface area contributed by atoms with E-state index < -0.39 is 9.84 Å². The third-order valence-electron chi connectivity index (χ3n) is 11.4. The number of likely N-dealkylation sites (tertiary alicyclic amines) is 2. The summed E-state index contributed by atoms with van der Waals surface area (Å²) in [5.41, 5.74) is 9.92. The zero-order valence-corrected chi connectivity index (χ0v) is 35.5. The molecule has 306 valence electrons. The normalized spacial score (nSPS) is 16.1. The average molecular weight is 878 g/mol. The number of aromatic nitrogens is 6. The molecule has 2 saturated heterocycles. The fraction of sp³-hybridized carbons (Fsp3) is 0.333. The van der Waals surface area contributed by atoms with Crippen LogP contribution in [0.1, 0.15) is 36.8 Å². The molecule has 4 aromatic heterocycles. The molecule has 6 heterocycles. The Balaban J connectivity index is 0.000000172. The van der Waals surface area contributed by atoms with E-state index in [2.05, 4.69) is 94.4 Å². The van der Waals surface area contributed by atoms with Gasteiger partial charge in [0.25, 0.3) is 0 Å². The van der Waals surface area contributed by atoms with Gasteiger partial charge >= 0.3 is 0 Å². The zero-order chi connectivity index (χ0) is 40.9. The van der Waals surface area contributed by atoms with E-state index in [4.69, 9.17) is 0 Å². The fourth-order valence-electron chi connectivity index (χ4n) is 7.70. The predicted octanol–water partition coefficient (Wildman–Crippen LogP) is 6.62. The number of aliphatic hydroxyl groups excluding tert-OH is 2. The number of piperidine rings is 2. The molecule has 2 aliphatic heterocycles. The highest BCUT2D eigenvalue weighted by Crippen LogP contribution is 2.28. The molecule has 14 heteroatoms. The lowest BCUT2D eigenvalue weighted by Gasteiger charge is -2.29. The summed E-state index contributed by atoms with van der Waals surface area (Å²) >= 11 is 3.45. The Bertz CT molecular complexity index is 2620. The van der Waals surface area contributed by atoms with E-state index in [1.807, 2.05) is 30.9 Å². The van der Waals surface area contributed by atoms with Crippen molar-refractivity contribution in [3.05, 3.63) is 126 Å². The second-order valence-corrected chi connectivity index (χ2v) is 18.5. The lowest BCUT2D eigenvalue weighted by atomic mass is 10.0. The third-order valence-corrected chi connectivity index (χ3v) is 13.0. The second kappa shape index (κ2) is 18.2. The SMILES string of the molecule is CS(=O)(=O)c1cccc(-c2cnn3cc(-c4ccc(CCN5CCC(O)CC5)cc4)cnc23)c1.OC1CCN(CCc2ccc(-c3cnc4c(Br)cnn4c3)cc2)CC1. The van der Waals surface area contributed by atoms with Gasteiger partial charge in [0.1, 0.15) is 0 Å². The van der Waals surface area contributed by atoms with Crippen LogP contribution in [-0.2, 0) is 22.7 Å². The van der Waals surface area contributed by atoms with Crippen LogP contribution in [0.15, 0.2) is 119 Å². The van der Waals surface area contributed by atoms with E-state index in [0.29, 0.717) is 5.65 Å². The second-order valence-electron chi connectivity index (χ2n) is 15.6. The van der Waals surface area contributed by atoms with Gasteiger partial charge in [0, 0.05) is 87.0 Å². The summed E-state index contributed by atoms with van der Waals surface area (Å²) in [7, 11) is -3.29. The van der Waals surface area contributed by atoms with Crippen LogP contribution in [0.2, 0.25) is 0 Å². The van der Waals surface area contributed by atoms with E-state index in [1.165, 1.54) is 17.4 Å². The van der Waals surface area contributed by atoms with E-state index in [-0.39, 0.29) is 17.1 Å². The number of nitrogens with zero attached hydrogens (tertiary/aromatic N) is 8. The Morgan fingerprint density at radius 3 is 1.64 bits per heavy atom. The summed E-state index contributed by atoms with van der Waals surface area (Å²) in [6.45, 7) is 6.01. The monoisotopic (exact) mass is 876 g/mol. The van der Waals surface area contributed by atoms with Gasteiger partial charge in [-0.05, 0) is 94.4 Å². The maximum atomic E-state index is 11.9. The van der Waals surface area contributed by atoms with Crippen molar-refractivity contribution in [1.29, 1.82) is 0 Å². The quantitative estimate of drug-likeness (QED) is 0.154. The molecule has 0 aliphatic carbocycles. The smallest absolute Gasteiger partial charge is 0.175 e. The molecular weight excluding hydrogens is 829 g/mol. The minimum Gasteiger partial charge on any atom is -0.393 e. The molecule has 2 aliphatic rings. The van der Waals surface area contributed by atoms with Gasteiger partial charge in [0.05, 0.1) is 34.0 Å². The van der Waals surface area contributed by atoms with Crippen molar-refractivity contribution < 1.29 is 18.6 Å². The maximum Gasteiger partial charge on any atom is 0.175 e. The highest BCUT2D eigenvalue weighted by Gasteiger charge is 2.18. The van der Waals surface area contributed by atoms with Crippen molar-refractivity contribution in [2.24, 2.45) is 0 Å². The number of rotatable bonds is 10. The van der Waals surface area contributed by atoms with Crippen LogP contribution >= 0.6 is 15.9 Å². The van der Waals surface area contributed by atoms with Crippen molar-refractivity contribution in [1.82, 2.24) is 39.0 Å². The number of benzene rings is 3. The fourth-order valence-corrected chi connectivity index (χ4v) is 8.75. The molecule has 3 aromatic carbocycles. The van der Waals surface area contributed by atoms with Gasteiger partial charge in [-0.25, -0.2) is 27.4 Å². The molecular formula is C45H49BrN8O4S. The van der Waals surface area contributed by atoms with Gasteiger partial charge in [-0.3, -0.25) is 0 Å². The van der Waals surface area contributed by atoms with Gasteiger partial charge in [-0.1, -0.05) is 60.7 Å². The van der Waals surface area contributed by atoms with Crippen LogP contribution in [0.5, 0.6) is 0 Å². The molecule has 0 unspecified atom stereocenters. The summed E-state index contributed by atoms with van der Waals surface area (Å²) in [6.07, 6.45) is 17.7. The highest BCUT2D eigenvalue weighted by atomic mass is 79.9. The first-order valence-electron chi connectivity index (χ1n) is 20.2. The predicted molar refractivity (Wildman–Crippen MR) is 234 cm³/mol. The van der Waals surface area contributed by atoms with Crippen molar-refractivity contribution in [3.63, 3.8) is 0 Å². The number of sulfone groups is 1. The Labute approximate surface area is 353 Å². The molecule has 9 rings (SSSR count). The number of hydrogen-bond acceptors (Lipinski definition) is 10. The zero-order valence-electron chi connectivity index (χ0n) is 33.1. The first kappa shape index (κ1) is 40.9. The third kappa shape index (κ3) is 10.1. The van der Waals surface area contributed by atoms with Gasteiger partial charge in [0.15, 0.2) is 21.1 Å². The van der Waals surface area contributed by atoms with Crippen LogP contribution in [0.3, 0.4) is 0 Å². The standard InChI is InChI=1S/C26H28N4O3S.C19H21BrN4O/c1-34(32,33)24-4-2-3-21(15-24)25-17-28-30-18-22(16-27-26(25)30)20-7-5-19(6-8-20)9-12-29-13-10-23(31)11-14-29;20-18-12-22-24-13-16(11-21-19(18)24)15-3-1-14(2-4-15)5-8-23-9-6-17(25)7-10-23/h2-8,15-18,23,31H,9-14H2,1H3;1-4,11-13,17,25H,5-10H2. The van der Waals surface area contributed by atoms with Crippen molar-refractivity contribution in [2.75, 3.05) is 45.5 Å². The molecule has 0 atom stereocenters. The van der Waals surface area contributed by atoms with E-state index in [9.17, 15) is 18.6 Å². The summed E-state index contributed by atoms with van der Waals surface area (Å²) in [5.74, 6) is 0. The molecule has 0 bridgehead atoms. The number of fused-ring (bicyclic) bond motifs is 2. The molecule has 0 amide bonds. The molecule has 0 spiro atoms. The molecule has 0 radical (unpaired) electrons. The van der Waals surface area contributed by atoms with Crippen LogP contribution in [0.25, 0.3) is 44.7 Å². The molecule has 59 heavy (non-hydrogen) atoms. The lowest BCUT2D eigenvalue weighted by molar-refractivity contribution is 0.0829. The van der Waals surface area contributed by atoms with Crippen molar-refractivity contribution >= 4 is 37.1 Å². The van der Waals surface area contributed by atoms with Crippen molar-refractivity contribution in [3.8, 4) is 33.4 Å². The summed E-state index contributed by atoms with van der Waals surface area (Å²) in [6, 6.07) is 24.1. The van der Waals surface area contributed by atoms with E-state index in [1.54, 1.807) is 39.6 Å². The molecule has 7 aromatic rings. The Kier molecular flexibility index (Phi) is 12.6. The molecule has 2 N–H and O–H groups in total. The lowest BCUT2D eigenvalue weighted by Crippen LogP contribution is -2.37. The van der Waals surface area contributed by atoms with E-state index in [0.717, 1.165) is 121 Å². The summed E-state index contributed by atoms with van der Waals surface area (Å²) < 4.78 is 28.3. The maximum absolute atomic E-state index is 11.9. The topological polar surface area (TPSA) is 141 Å². The van der Waals surface area contributed by atoms with E-state index >= 15 is 0 Å². The van der Waals surface area contributed by atoms with Crippen LogP contribution in [0, 0.1) is 0 Å². The van der Waals surface area contributed by atoms with Gasteiger partial charge in [-0.2, -0.15) is 10.2 Å². The number of halogens is 1. The highest BCUT2D eigenvalue weighted by molar-refractivity contribution is 9.10. The van der Waals surface area contributed by atoms with Gasteiger partial charge in [0.2, 0.25) is 0 Å². The summed E-state index contributed by atoms with van der Waals surface area (Å²) in [4.78, 5) is 14.2. The molecule has 2 fully saturated rings. The largest absolute Gasteiger partial charge is 0.393 e. The number of hydrogen-bond donors (Lipinski definition) is 2.